The van der Waals surface area contributed by atoms with Gasteiger partial charge in [-0.2, -0.15) is 5.10 Å². The Hall–Kier alpha value is -3.62. The molecular formula is C19H22N4O5. The predicted molar refractivity (Wildman–Crippen MR) is 106 cm³/mol. The number of amides is 2. The lowest BCUT2D eigenvalue weighted by molar-refractivity contribution is -0.386. The van der Waals surface area contributed by atoms with Gasteiger partial charge in [0.15, 0.2) is 5.75 Å². The first-order valence-electron chi connectivity index (χ1n) is 8.50. The largest absolute Gasteiger partial charge is 0.493 e. The molecule has 0 aliphatic carbocycles. The van der Waals surface area contributed by atoms with Crippen molar-refractivity contribution in [3.8, 4) is 11.5 Å². The zero-order valence-electron chi connectivity index (χ0n) is 16.1. The molecule has 0 bridgehead atoms. The fourth-order valence-electron chi connectivity index (χ4n) is 2.35. The van der Waals surface area contributed by atoms with Gasteiger partial charge in [-0.25, -0.2) is 10.2 Å². The first-order chi connectivity index (χ1) is 13.3. The Morgan fingerprint density at radius 2 is 2.00 bits per heavy atom. The Balaban J connectivity index is 2.16. The maximum Gasteiger partial charge on any atom is 0.339 e. The van der Waals surface area contributed by atoms with Gasteiger partial charge in [-0.1, -0.05) is 18.2 Å². The smallest absolute Gasteiger partial charge is 0.339 e. The maximum absolute atomic E-state index is 11.9. The SMILES string of the molecule is COc1cc(/C=N\NC(=O)Nc2ccccc2C)cc([N+](=O)[O-])c1OC(C)C. The fourth-order valence-corrected chi connectivity index (χ4v) is 2.35. The lowest BCUT2D eigenvalue weighted by Gasteiger charge is -2.14. The minimum Gasteiger partial charge on any atom is -0.493 e. The number of nitro groups is 1. The third-order valence-electron chi connectivity index (χ3n) is 3.60. The number of methoxy groups -OCH3 is 1. The maximum atomic E-state index is 11.9. The first-order valence-corrected chi connectivity index (χ1v) is 8.50. The molecule has 0 aliphatic rings. The number of hydrogen-bond acceptors (Lipinski definition) is 6. The monoisotopic (exact) mass is 386 g/mol. The van der Waals surface area contributed by atoms with Crippen LogP contribution in [0.4, 0.5) is 16.2 Å². The van der Waals surface area contributed by atoms with Gasteiger partial charge in [-0.05, 0) is 38.5 Å². The lowest BCUT2D eigenvalue weighted by atomic mass is 10.2. The third-order valence-corrected chi connectivity index (χ3v) is 3.60. The number of nitrogens with one attached hydrogen (secondary N) is 2. The van der Waals surface area contributed by atoms with Crippen LogP contribution in [0.2, 0.25) is 0 Å². The number of rotatable bonds is 7. The summed E-state index contributed by atoms with van der Waals surface area (Å²) in [5.74, 6) is 0.249. The topological polar surface area (TPSA) is 115 Å². The molecule has 0 aliphatic heterocycles. The van der Waals surface area contributed by atoms with E-state index >= 15 is 0 Å². The molecule has 0 spiro atoms. The highest BCUT2D eigenvalue weighted by Crippen LogP contribution is 2.38. The van der Waals surface area contributed by atoms with Crippen LogP contribution >= 0.6 is 0 Å². The van der Waals surface area contributed by atoms with Crippen LogP contribution in [0.3, 0.4) is 0 Å². The van der Waals surface area contributed by atoms with Gasteiger partial charge in [0.2, 0.25) is 5.75 Å². The number of hydrazone groups is 1. The molecule has 9 nitrogen and oxygen atoms in total. The molecule has 2 aromatic carbocycles. The van der Waals surface area contributed by atoms with Gasteiger partial charge in [0.1, 0.15) is 0 Å². The number of nitrogens with zero attached hydrogens (tertiary/aromatic N) is 2. The van der Waals surface area contributed by atoms with Crippen LogP contribution in [-0.2, 0) is 0 Å². The van der Waals surface area contributed by atoms with Crippen LogP contribution in [0.25, 0.3) is 0 Å². The molecule has 2 aromatic rings. The van der Waals surface area contributed by atoms with E-state index in [0.717, 1.165) is 5.56 Å². The summed E-state index contributed by atoms with van der Waals surface area (Å²) < 4.78 is 10.7. The van der Waals surface area contributed by atoms with Crippen molar-refractivity contribution in [1.29, 1.82) is 0 Å². The Labute approximate surface area is 162 Å². The number of ether oxygens (including phenoxy) is 2. The zero-order valence-corrected chi connectivity index (χ0v) is 16.1. The summed E-state index contributed by atoms with van der Waals surface area (Å²) in [4.78, 5) is 22.8. The highest BCUT2D eigenvalue weighted by atomic mass is 16.6. The summed E-state index contributed by atoms with van der Waals surface area (Å²) >= 11 is 0. The van der Waals surface area contributed by atoms with Gasteiger partial charge >= 0.3 is 11.7 Å². The highest BCUT2D eigenvalue weighted by Gasteiger charge is 2.23. The van der Waals surface area contributed by atoms with Crippen LogP contribution in [-0.4, -0.2) is 30.4 Å². The van der Waals surface area contributed by atoms with Crippen molar-refractivity contribution in [3.63, 3.8) is 0 Å². The van der Waals surface area contributed by atoms with Crippen LogP contribution in [0.1, 0.15) is 25.0 Å². The molecule has 0 unspecified atom stereocenters. The van der Waals surface area contributed by atoms with Gasteiger partial charge in [0.25, 0.3) is 0 Å². The Bertz CT molecular complexity index is 896. The van der Waals surface area contributed by atoms with Crippen molar-refractivity contribution >= 4 is 23.6 Å². The van der Waals surface area contributed by atoms with E-state index in [-0.39, 0.29) is 23.3 Å². The molecule has 0 fully saturated rings. The summed E-state index contributed by atoms with van der Waals surface area (Å²) in [6, 6.07) is 9.60. The molecule has 2 N–H and O–H groups in total. The summed E-state index contributed by atoms with van der Waals surface area (Å²) in [7, 11) is 1.39. The number of benzene rings is 2. The van der Waals surface area contributed by atoms with Crippen molar-refractivity contribution in [1.82, 2.24) is 5.43 Å². The molecule has 9 heteroatoms. The molecule has 28 heavy (non-hydrogen) atoms. The minimum atomic E-state index is -0.560. The number of para-hydroxylation sites is 1. The summed E-state index contributed by atoms with van der Waals surface area (Å²) in [5.41, 5.74) is 4.00. The number of urea groups is 1. The Morgan fingerprint density at radius 3 is 2.61 bits per heavy atom. The molecule has 2 rings (SSSR count). The molecule has 0 atom stereocenters. The van der Waals surface area contributed by atoms with Crippen LogP contribution in [0.5, 0.6) is 11.5 Å². The number of carbonyl (C=O) groups is 1. The van der Waals surface area contributed by atoms with E-state index in [9.17, 15) is 14.9 Å². The fraction of sp³-hybridized carbons (Fsp3) is 0.263. The van der Waals surface area contributed by atoms with Crippen molar-refractivity contribution in [2.45, 2.75) is 26.9 Å². The Kier molecular flexibility index (Phi) is 6.91. The van der Waals surface area contributed by atoms with Crippen LogP contribution in [0, 0.1) is 17.0 Å². The van der Waals surface area contributed by atoms with Crippen molar-refractivity contribution in [2.24, 2.45) is 5.10 Å². The summed E-state index contributed by atoms with van der Waals surface area (Å²) in [6.07, 6.45) is 1.02. The van der Waals surface area contributed by atoms with Crippen molar-refractivity contribution in [3.05, 3.63) is 57.6 Å². The molecule has 148 valence electrons. The zero-order chi connectivity index (χ0) is 20.7. The first kappa shape index (κ1) is 20.7. The van der Waals surface area contributed by atoms with Gasteiger partial charge in [0.05, 0.1) is 24.4 Å². The van der Waals surface area contributed by atoms with Gasteiger partial charge in [-0.15, -0.1) is 0 Å². The van der Waals surface area contributed by atoms with Crippen LogP contribution in [0.15, 0.2) is 41.5 Å². The van der Waals surface area contributed by atoms with E-state index in [4.69, 9.17) is 9.47 Å². The second kappa shape index (κ2) is 9.36. The van der Waals surface area contributed by atoms with Gasteiger partial charge < -0.3 is 14.8 Å². The average molecular weight is 386 g/mol. The van der Waals surface area contributed by atoms with Crippen molar-refractivity contribution < 1.29 is 19.2 Å². The van der Waals surface area contributed by atoms with E-state index in [1.807, 2.05) is 19.1 Å². The normalized spacial score (nSPS) is 10.8. The van der Waals surface area contributed by atoms with E-state index in [0.29, 0.717) is 11.3 Å². The minimum absolute atomic E-state index is 0.0462. The van der Waals surface area contributed by atoms with Gasteiger partial charge in [0, 0.05) is 17.3 Å². The van der Waals surface area contributed by atoms with Crippen LogP contribution < -0.4 is 20.2 Å². The van der Waals surface area contributed by atoms with E-state index in [2.05, 4.69) is 15.8 Å². The second-order valence-corrected chi connectivity index (χ2v) is 6.13. The molecular weight excluding hydrogens is 364 g/mol. The Morgan fingerprint density at radius 1 is 1.29 bits per heavy atom. The number of hydrogen-bond donors (Lipinski definition) is 2. The predicted octanol–water partition coefficient (Wildman–Crippen LogP) is 3.85. The van der Waals surface area contributed by atoms with Gasteiger partial charge in [-0.3, -0.25) is 10.1 Å². The molecule has 2 amide bonds. The number of nitro benzene ring substituents is 1. The molecule has 0 saturated carbocycles. The molecule has 0 radical (unpaired) electrons. The number of anilines is 1. The van der Waals surface area contributed by atoms with E-state index < -0.39 is 11.0 Å². The van der Waals surface area contributed by atoms with E-state index in [1.54, 1.807) is 26.0 Å². The lowest BCUT2D eigenvalue weighted by Crippen LogP contribution is -2.24. The molecule has 0 saturated heterocycles. The molecule has 0 aromatic heterocycles. The highest BCUT2D eigenvalue weighted by molar-refractivity contribution is 5.91. The number of aryl methyl sites for hydroxylation is 1. The third kappa shape index (κ3) is 5.44. The van der Waals surface area contributed by atoms with Crippen molar-refractivity contribution in [2.75, 3.05) is 12.4 Å². The second-order valence-electron chi connectivity index (χ2n) is 6.13. The standard InChI is InChI=1S/C19H22N4O5/c1-12(2)28-18-16(23(25)26)9-14(10-17(18)27-4)11-20-22-19(24)21-15-8-6-5-7-13(15)3/h5-12H,1-4H3,(H2,21,22,24)/b20-11-. The molecule has 0 heterocycles. The number of carbonyl (C=O) groups excluding carboxylic acids is 1. The summed E-state index contributed by atoms with van der Waals surface area (Å²) in [6.45, 7) is 5.39. The average Bonchev–Trinajstić information content (AvgIpc) is 2.63. The van der Waals surface area contributed by atoms with E-state index in [1.165, 1.54) is 25.5 Å². The summed E-state index contributed by atoms with van der Waals surface area (Å²) in [5, 5.41) is 17.9. The quantitative estimate of drug-likeness (QED) is 0.426.